The Morgan fingerprint density at radius 1 is 1.09 bits per heavy atom. The van der Waals surface area contributed by atoms with E-state index >= 15 is 0 Å². The first-order valence-corrected chi connectivity index (χ1v) is 7.37. The van der Waals surface area contributed by atoms with E-state index in [4.69, 9.17) is 10.5 Å². The summed E-state index contributed by atoms with van der Waals surface area (Å²) >= 11 is 3.32. The highest BCUT2D eigenvalue weighted by atomic mass is 79.9. The molecule has 2 N–H and O–H groups in total. The number of nitrogens with zero attached hydrogens (tertiary/aromatic N) is 2. The molecule has 0 saturated carbocycles. The van der Waals surface area contributed by atoms with Gasteiger partial charge in [-0.15, -0.1) is 0 Å². The highest BCUT2D eigenvalue weighted by Gasteiger charge is 2.12. The van der Waals surface area contributed by atoms with Crippen molar-refractivity contribution < 1.29 is 9.53 Å². The minimum Gasteiger partial charge on any atom is -0.454 e. The van der Waals surface area contributed by atoms with Crippen LogP contribution in [0.1, 0.15) is 16.2 Å². The second kappa shape index (κ2) is 6.11. The summed E-state index contributed by atoms with van der Waals surface area (Å²) in [4.78, 5) is 20.6. The molecule has 3 rings (SSSR count). The maximum absolute atomic E-state index is 12.0. The van der Waals surface area contributed by atoms with E-state index in [0.717, 1.165) is 10.9 Å². The highest BCUT2D eigenvalue weighted by Crippen LogP contribution is 2.19. The lowest BCUT2D eigenvalue weighted by Crippen LogP contribution is -2.09. The molecule has 5 nitrogen and oxygen atoms in total. The number of fused-ring (bicyclic) bond motifs is 1. The number of hydrogen-bond acceptors (Lipinski definition) is 5. The first kappa shape index (κ1) is 14.5. The van der Waals surface area contributed by atoms with Gasteiger partial charge >= 0.3 is 5.97 Å². The highest BCUT2D eigenvalue weighted by molar-refractivity contribution is 9.10. The Balaban J connectivity index is 1.79. The fourth-order valence-corrected chi connectivity index (χ4v) is 2.50. The molecule has 0 unspecified atom stereocenters. The maximum Gasteiger partial charge on any atom is 0.339 e. The van der Waals surface area contributed by atoms with Crippen molar-refractivity contribution in [1.29, 1.82) is 0 Å². The van der Waals surface area contributed by atoms with Crippen molar-refractivity contribution in [2.24, 2.45) is 0 Å². The van der Waals surface area contributed by atoms with E-state index in [9.17, 15) is 4.79 Å². The number of aromatic nitrogens is 2. The van der Waals surface area contributed by atoms with Crippen LogP contribution in [0.15, 0.2) is 53.0 Å². The minimum absolute atomic E-state index is 0.0325. The summed E-state index contributed by atoms with van der Waals surface area (Å²) in [5.74, 6) is 0.303. The van der Waals surface area contributed by atoms with Gasteiger partial charge in [-0.1, -0.05) is 24.3 Å². The van der Waals surface area contributed by atoms with E-state index in [1.807, 2.05) is 30.3 Å². The van der Waals surface area contributed by atoms with E-state index in [1.165, 1.54) is 0 Å². The average molecular weight is 358 g/mol. The number of rotatable bonds is 3. The Hall–Kier alpha value is -2.47. The number of nitrogen functional groups attached to an aromatic ring is 1. The van der Waals surface area contributed by atoms with E-state index in [2.05, 4.69) is 25.9 Å². The molecule has 0 radical (unpaired) electrons. The SMILES string of the molecule is Nc1nc(COC(=O)c2ccccc2Br)nc2ccccc12. The molecule has 0 spiro atoms. The number of benzene rings is 2. The number of halogens is 1. The minimum atomic E-state index is -0.442. The smallest absolute Gasteiger partial charge is 0.339 e. The van der Waals surface area contributed by atoms with Crippen molar-refractivity contribution >= 4 is 38.6 Å². The third kappa shape index (κ3) is 2.92. The molecule has 2 aromatic carbocycles. The zero-order chi connectivity index (χ0) is 15.5. The van der Waals surface area contributed by atoms with E-state index in [0.29, 0.717) is 21.7 Å². The van der Waals surface area contributed by atoms with E-state index < -0.39 is 5.97 Å². The van der Waals surface area contributed by atoms with Crippen LogP contribution >= 0.6 is 15.9 Å². The molecule has 1 aromatic heterocycles. The van der Waals surface area contributed by atoms with Crippen LogP contribution in [0.3, 0.4) is 0 Å². The van der Waals surface area contributed by atoms with Crippen molar-refractivity contribution in [3.05, 3.63) is 64.4 Å². The topological polar surface area (TPSA) is 78.1 Å². The van der Waals surface area contributed by atoms with Crippen molar-refractivity contribution in [1.82, 2.24) is 9.97 Å². The van der Waals surface area contributed by atoms with Crippen LogP contribution in [0.5, 0.6) is 0 Å². The van der Waals surface area contributed by atoms with Crippen LogP contribution in [0.4, 0.5) is 5.82 Å². The number of nitrogens with two attached hydrogens (primary N) is 1. The molecule has 3 aromatic rings. The van der Waals surface area contributed by atoms with Crippen LogP contribution < -0.4 is 5.73 Å². The Morgan fingerprint density at radius 2 is 1.82 bits per heavy atom. The number of hydrogen-bond donors (Lipinski definition) is 1. The lowest BCUT2D eigenvalue weighted by atomic mass is 10.2. The second-order valence-electron chi connectivity index (χ2n) is 4.60. The van der Waals surface area contributed by atoms with E-state index in [-0.39, 0.29) is 6.61 Å². The zero-order valence-corrected chi connectivity index (χ0v) is 13.1. The quantitative estimate of drug-likeness (QED) is 0.727. The predicted octanol–water partition coefficient (Wildman–Crippen LogP) is 3.33. The molecule has 0 fully saturated rings. The first-order chi connectivity index (χ1) is 10.6. The lowest BCUT2D eigenvalue weighted by molar-refractivity contribution is 0.0461. The van der Waals surface area contributed by atoms with Gasteiger partial charge in [0.2, 0.25) is 0 Å². The van der Waals surface area contributed by atoms with Gasteiger partial charge in [0.1, 0.15) is 5.82 Å². The maximum atomic E-state index is 12.0. The number of ether oxygens (including phenoxy) is 1. The van der Waals surface area contributed by atoms with Gasteiger partial charge in [-0.25, -0.2) is 14.8 Å². The van der Waals surface area contributed by atoms with Gasteiger partial charge in [-0.3, -0.25) is 0 Å². The molecule has 0 atom stereocenters. The van der Waals surface area contributed by atoms with Gasteiger partial charge in [0.05, 0.1) is 11.1 Å². The molecule has 0 saturated heterocycles. The second-order valence-corrected chi connectivity index (χ2v) is 5.45. The predicted molar refractivity (Wildman–Crippen MR) is 87.2 cm³/mol. The molecule has 0 amide bonds. The Kier molecular flexibility index (Phi) is 4.02. The van der Waals surface area contributed by atoms with Crippen LogP contribution in [0, 0.1) is 0 Å². The summed E-state index contributed by atoms with van der Waals surface area (Å²) in [6.07, 6.45) is 0. The number of carbonyl (C=O) groups is 1. The van der Waals surface area contributed by atoms with Crippen molar-refractivity contribution in [3.8, 4) is 0 Å². The summed E-state index contributed by atoms with van der Waals surface area (Å²) in [6.45, 7) is -0.0325. The normalized spacial score (nSPS) is 10.6. The Bertz CT molecular complexity index is 852. The summed E-state index contributed by atoms with van der Waals surface area (Å²) in [5.41, 5.74) is 7.08. The van der Waals surface area contributed by atoms with Gasteiger partial charge in [-0.2, -0.15) is 0 Å². The molecule has 0 bridgehead atoms. The average Bonchev–Trinajstić information content (AvgIpc) is 2.53. The van der Waals surface area contributed by atoms with Crippen molar-refractivity contribution in [3.63, 3.8) is 0 Å². The number of esters is 1. The summed E-state index contributed by atoms with van der Waals surface area (Å²) < 4.78 is 5.93. The monoisotopic (exact) mass is 357 g/mol. The Labute approximate surface area is 135 Å². The van der Waals surface area contributed by atoms with E-state index in [1.54, 1.807) is 18.2 Å². The largest absolute Gasteiger partial charge is 0.454 e. The molecule has 0 aliphatic rings. The molecule has 110 valence electrons. The molecule has 22 heavy (non-hydrogen) atoms. The standard InChI is InChI=1S/C16H12BrN3O2/c17-12-7-3-1-5-10(12)16(21)22-9-14-19-13-8-4-2-6-11(13)15(18)20-14/h1-8H,9H2,(H2,18,19,20). The summed E-state index contributed by atoms with van der Waals surface area (Å²) in [6, 6.07) is 14.5. The fraction of sp³-hybridized carbons (Fsp3) is 0.0625. The fourth-order valence-electron chi connectivity index (χ4n) is 2.05. The molecule has 6 heteroatoms. The summed E-state index contributed by atoms with van der Waals surface area (Å²) in [5, 5.41) is 0.781. The number of carbonyl (C=O) groups excluding carboxylic acids is 1. The van der Waals surface area contributed by atoms with Crippen LogP contribution in [0.2, 0.25) is 0 Å². The molecular weight excluding hydrogens is 346 g/mol. The van der Waals surface area contributed by atoms with Gasteiger partial charge < -0.3 is 10.5 Å². The number of para-hydroxylation sites is 1. The molecule has 0 aliphatic heterocycles. The van der Waals surface area contributed by atoms with Crippen molar-refractivity contribution in [2.75, 3.05) is 5.73 Å². The molecule has 1 heterocycles. The lowest BCUT2D eigenvalue weighted by Gasteiger charge is -2.07. The zero-order valence-electron chi connectivity index (χ0n) is 11.5. The number of anilines is 1. The van der Waals surface area contributed by atoms with Gasteiger partial charge in [-0.05, 0) is 40.2 Å². The Morgan fingerprint density at radius 3 is 2.64 bits per heavy atom. The summed E-state index contributed by atoms with van der Waals surface area (Å²) in [7, 11) is 0. The molecule has 0 aliphatic carbocycles. The van der Waals surface area contributed by atoms with Crippen LogP contribution in [-0.2, 0) is 11.3 Å². The third-order valence-corrected chi connectivity index (χ3v) is 3.80. The first-order valence-electron chi connectivity index (χ1n) is 6.58. The molecular formula is C16H12BrN3O2. The van der Waals surface area contributed by atoms with Gasteiger partial charge in [0.25, 0.3) is 0 Å². The van der Waals surface area contributed by atoms with Crippen LogP contribution in [-0.4, -0.2) is 15.9 Å². The van der Waals surface area contributed by atoms with Gasteiger partial charge in [0, 0.05) is 9.86 Å². The van der Waals surface area contributed by atoms with Crippen molar-refractivity contribution in [2.45, 2.75) is 6.61 Å². The van der Waals surface area contributed by atoms with Crippen LogP contribution in [0.25, 0.3) is 10.9 Å². The third-order valence-electron chi connectivity index (χ3n) is 3.11. The van der Waals surface area contributed by atoms with Gasteiger partial charge in [0.15, 0.2) is 12.4 Å².